The lowest BCUT2D eigenvalue weighted by Crippen LogP contribution is -2.60. The van der Waals surface area contributed by atoms with Crippen molar-refractivity contribution in [3.63, 3.8) is 0 Å². The van der Waals surface area contributed by atoms with Crippen molar-refractivity contribution in [1.29, 1.82) is 0 Å². The second kappa shape index (κ2) is 12.4. The van der Waals surface area contributed by atoms with Gasteiger partial charge in [0.1, 0.15) is 6.29 Å². The van der Waals surface area contributed by atoms with E-state index < -0.39 is 22.2 Å². The number of hydrogen-bond donors (Lipinski definition) is 0. The average molecular weight is 629 g/mol. The summed E-state index contributed by atoms with van der Waals surface area (Å²) in [5, 5.41) is 0.264. The Balaban J connectivity index is 0.000000531. The van der Waals surface area contributed by atoms with Crippen molar-refractivity contribution in [2.24, 2.45) is 52.3 Å². The quantitative estimate of drug-likeness (QED) is 0.172. The van der Waals surface area contributed by atoms with Crippen LogP contribution in [0.5, 0.6) is 0 Å². The molecule has 10 atom stereocenters. The van der Waals surface area contributed by atoms with Crippen LogP contribution in [0.4, 0.5) is 13.2 Å². The van der Waals surface area contributed by atoms with E-state index in [9.17, 15) is 18.0 Å². The van der Waals surface area contributed by atoms with Gasteiger partial charge >= 0.3 is 5.80 Å². The fraction of sp³-hybridized carbons (Fsp3) is 0.914. The van der Waals surface area contributed by atoms with Crippen molar-refractivity contribution < 1.29 is 22.4 Å². The van der Waals surface area contributed by atoms with Gasteiger partial charge in [0.15, 0.2) is 16.4 Å². The third kappa shape index (κ3) is 7.03. The highest BCUT2D eigenvalue weighted by molar-refractivity contribution is 6.78. The Bertz CT molecular complexity index is 953. The third-order valence-corrected chi connectivity index (χ3v) is 19.4. The first-order valence-corrected chi connectivity index (χ1v) is 23.3. The zero-order chi connectivity index (χ0) is 32.1. The maximum absolute atomic E-state index is 11.6. The number of carbonyl (C=O) groups excluding carboxylic acids is 1. The van der Waals surface area contributed by atoms with E-state index in [1.165, 1.54) is 71.0 Å². The topological polar surface area (TPSA) is 26.3 Å². The van der Waals surface area contributed by atoms with Gasteiger partial charge in [-0.15, -0.1) is 0 Å². The minimum atomic E-state index is -3.92. The summed E-state index contributed by atoms with van der Waals surface area (Å²) >= 11 is 0. The largest absolute Gasteiger partial charge is 0.414 e. The molecule has 7 heteroatoms. The summed E-state index contributed by atoms with van der Waals surface area (Å²) in [6, 6.07) is 0. The standard InChI is InChI=1S/C31H54O2Si.C4H9F3Si/c1-21-14-16-31(7)26-15-17-30(6)24(22(2)11-10-18-32)12-13-25(30)23(26)20-28(27(31)19-21)33-34(8,9)29(3,4)5;1-8(2,3)4(5,6)7/h10-11,18,21-28H,12-17,19-20H2,1-9H3;1-3H3/b11-10+;/t21-,22-,23?,24-,25?,26?,27+,28+,30-,31-;/m1./s1. The van der Waals surface area contributed by atoms with Gasteiger partial charge in [-0.1, -0.05) is 80.6 Å². The number of allylic oxidation sites excluding steroid dienone is 2. The van der Waals surface area contributed by atoms with Crippen LogP contribution < -0.4 is 0 Å². The van der Waals surface area contributed by atoms with Gasteiger partial charge in [-0.05, 0) is 121 Å². The smallest absolute Gasteiger partial charge is 0.360 e. The molecule has 42 heavy (non-hydrogen) atoms. The van der Waals surface area contributed by atoms with Crippen molar-refractivity contribution in [3.05, 3.63) is 12.2 Å². The highest BCUT2D eigenvalue weighted by atomic mass is 28.4. The lowest BCUT2D eigenvalue weighted by Gasteiger charge is -2.64. The van der Waals surface area contributed by atoms with E-state index in [1.54, 1.807) is 6.08 Å². The zero-order valence-corrected chi connectivity index (χ0v) is 31.0. The van der Waals surface area contributed by atoms with Gasteiger partial charge in [0.25, 0.3) is 0 Å². The summed E-state index contributed by atoms with van der Waals surface area (Å²) < 4.78 is 42.2. The van der Waals surface area contributed by atoms with Gasteiger partial charge < -0.3 is 4.43 Å². The normalized spacial score (nSPS) is 39.9. The summed E-state index contributed by atoms with van der Waals surface area (Å²) in [5.74, 6) is 1.39. The van der Waals surface area contributed by atoms with Crippen molar-refractivity contribution in [2.45, 2.75) is 150 Å². The molecule has 4 fully saturated rings. The van der Waals surface area contributed by atoms with Crippen molar-refractivity contribution >= 4 is 22.7 Å². The van der Waals surface area contributed by atoms with E-state index in [0.29, 0.717) is 28.8 Å². The van der Waals surface area contributed by atoms with Crippen LogP contribution in [0.15, 0.2) is 12.2 Å². The van der Waals surface area contributed by atoms with Crippen LogP contribution in [-0.2, 0) is 9.22 Å². The molecular weight excluding hydrogens is 566 g/mol. The van der Waals surface area contributed by atoms with Crippen LogP contribution in [0.1, 0.15) is 99.8 Å². The maximum atomic E-state index is 11.6. The molecule has 244 valence electrons. The van der Waals surface area contributed by atoms with E-state index in [-0.39, 0.29) is 5.04 Å². The fourth-order valence-electron chi connectivity index (χ4n) is 9.41. The molecule has 4 aliphatic carbocycles. The SMILES string of the molecule is C[C@@H]1CC[C@]2(C)C3CC[C@@]4(C)C(CC[C@@H]4[C@H](C)/C=C/C=O)C3C[C@H](O[Si](C)(C)C(C)(C)C)[C@@H]2C1.C[Si](C)(C)C(F)(F)F. The number of rotatable bonds is 5. The third-order valence-electron chi connectivity index (χ3n) is 13.2. The second-order valence-corrected chi connectivity index (χ2v) is 27.7. The lowest BCUT2D eigenvalue weighted by molar-refractivity contribution is -0.160. The van der Waals surface area contributed by atoms with Crippen LogP contribution in [0, 0.1) is 52.3 Å². The molecule has 4 saturated carbocycles. The number of alkyl halides is 3. The van der Waals surface area contributed by atoms with Crippen molar-refractivity contribution in [3.8, 4) is 0 Å². The predicted octanol–water partition coefficient (Wildman–Crippen LogP) is 11.1. The van der Waals surface area contributed by atoms with Crippen LogP contribution in [0.2, 0.25) is 37.8 Å². The van der Waals surface area contributed by atoms with Gasteiger partial charge in [-0.25, -0.2) is 0 Å². The molecule has 0 N–H and O–H groups in total. The van der Waals surface area contributed by atoms with Gasteiger partial charge in [0.2, 0.25) is 0 Å². The van der Waals surface area contributed by atoms with Crippen LogP contribution in [0.3, 0.4) is 0 Å². The van der Waals surface area contributed by atoms with E-state index >= 15 is 0 Å². The molecule has 0 aliphatic heterocycles. The fourth-order valence-corrected chi connectivity index (χ4v) is 10.8. The molecule has 0 aromatic rings. The molecule has 0 radical (unpaired) electrons. The molecule has 0 saturated heterocycles. The highest BCUT2D eigenvalue weighted by Crippen LogP contribution is 2.69. The number of carbonyl (C=O) groups is 1. The van der Waals surface area contributed by atoms with Crippen molar-refractivity contribution in [2.75, 3.05) is 0 Å². The molecule has 0 spiro atoms. The molecule has 0 heterocycles. The molecule has 0 aromatic carbocycles. The van der Waals surface area contributed by atoms with E-state index in [0.717, 1.165) is 35.9 Å². The summed E-state index contributed by atoms with van der Waals surface area (Å²) in [6.07, 6.45) is 16.3. The number of halogens is 3. The maximum Gasteiger partial charge on any atom is 0.360 e. The van der Waals surface area contributed by atoms with Crippen molar-refractivity contribution in [1.82, 2.24) is 0 Å². The molecule has 3 unspecified atom stereocenters. The summed E-state index contributed by atoms with van der Waals surface area (Å²) in [5.41, 5.74) is 0.866. The first kappa shape index (κ1) is 36.1. The first-order valence-electron chi connectivity index (χ1n) is 16.9. The Morgan fingerprint density at radius 2 is 1.40 bits per heavy atom. The summed E-state index contributed by atoms with van der Waals surface area (Å²) in [4.78, 5) is 11.0. The molecule has 4 aliphatic rings. The number of fused-ring (bicyclic) bond motifs is 5. The Labute approximate surface area is 258 Å². The molecular formula is C35H63F3O2Si2. The Kier molecular flexibility index (Phi) is 10.7. The van der Waals surface area contributed by atoms with Crippen LogP contribution >= 0.6 is 0 Å². The Morgan fingerprint density at radius 3 is 1.93 bits per heavy atom. The van der Waals surface area contributed by atoms with Crippen LogP contribution in [0.25, 0.3) is 0 Å². The predicted molar refractivity (Wildman–Crippen MR) is 176 cm³/mol. The van der Waals surface area contributed by atoms with E-state index in [1.807, 2.05) is 0 Å². The minimum Gasteiger partial charge on any atom is -0.414 e. The minimum absolute atomic E-state index is 0.264. The molecule has 0 bridgehead atoms. The van der Waals surface area contributed by atoms with E-state index in [2.05, 4.69) is 67.6 Å². The van der Waals surface area contributed by atoms with Crippen LogP contribution in [-0.4, -0.2) is 34.6 Å². The summed E-state index contributed by atoms with van der Waals surface area (Å²) in [7, 11) is -4.68. The monoisotopic (exact) mass is 628 g/mol. The van der Waals surface area contributed by atoms with Gasteiger partial charge in [0.05, 0.1) is 0 Å². The molecule has 4 rings (SSSR count). The second-order valence-electron chi connectivity index (χ2n) is 17.9. The van der Waals surface area contributed by atoms with Gasteiger partial charge in [-0.2, -0.15) is 13.2 Å². The lowest BCUT2D eigenvalue weighted by atomic mass is 9.43. The van der Waals surface area contributed by atoms with Gasteiger partial charge in [-0.3, -0.25) is 4.79 Å². The Hall–Kier alpha value is -0.406. The highest BCUT2D eigenvalue weighted by Gasteiger charge is 2.63. The molecule has 2 nitrogen and oxygen atoms in total. The van der Waals surface area contributed by atoms with E-state index in [4.69, 9.17) is 4.43 Å². The van der Waals surface area contributed by atoms with Gasteiger partial charge in [0, 0.05) is 6.10 Å². The zero-order valence-electron chi connectivity index (χ0n) is 29.0. The molecule has 0 aromatic heterocycles. The first-order chi connectivity index (χ1) is 19.0. The number of aldehydes is 1. The average Bonchev–Trinajstić information content (AvgIpc) is 3.19. The molecule has 0 amide bonds. The number of hydrogen-bond acceptors (Lipinski definition) is 2. The summed E-state index contributed by atoms with van der Waals surface area (Å²) in [6.45, 7) is 26.2. The Morgan fingerprint density at radius 1 is 0.857 bits per heavy atom.